The van der Waals surface area contributed by atoms with Gasteiger partial charge in [0.1, 0.15) is 37.1 Å². The summed E-state index contributed by atoms with van der Waals surface area (Å²) in [5.41, 5.74) is 0. The van der Waals surface area contributed by atoms with Gasteiger partial charge in [0, 0.05) is 6.42 Å². The highest BCUT2D eigenvalue weighted by molar-refractivity contribution is 7.43. The minimum absolute atomic E-state index is 0.596. The van der Waals surface area contributed by atoms with Crippen molar-refractivity contribution in [2.45, 2.75) is 49.1 Å². The summed E-state index contributed by atoms with van der Waals surface area (Å²) < 4.78 is 19.0. The lowest BCUT2D eigenvalue weighted by Gasteiger charge is -2.41. The topological polar surface area (TPSA) is 220 Å². The van der Waals surface area contributed by atoms with E-state index in [1.54, 1.807) is 0 Å². The summed E-state index contributed by atoms with van der Waals surface area (Å²) in [6.07, 6.45) is -12.2. The number of Topliss-reactive ketones (excluding diaryl/α,β-unsaturated/α-hetero) is 1. The van der Waals surface area contributed by atoms with Gasteiger partial charge >= 0.3 is 0 Å². The van der Waals surface area contributed by atoms with Crippen molar-refractivity contribution in [1.29, 1.82) is 0 Å². The molecule has 0 radical (unpaired) electrons. The Kier molecular flexibility index (Phi) is 7.84. The van der Waals surface area contributed by atoms with Crippen LogP contribution in [0.2, 0.25) is 0 Å². The normalized spacial score (nSPS) is 33.9. The number of phosphoric ester groups is 1. The fraction of sp³-hybridized carbons (Fsp3) is 0.909. The van der Waals surface area contributed by atoms with Crippen LogP contribution < -0.4 is 9.79 Å². The van der Waals surface area contributed by atoms with Gasteiger partial charge in [0.25, 0.3) is 0 Å². The average molecular weight is 374 g/mol. The van der Waals surface area contributed by atoms with Crippen molar-refractivity contribution in [1.82, 2.24) is 0 Å². The van der Waals surface area contributed by atoms with Gasteiger partial charge in [-0.3, -0.25) is 4.79 Å². The van der Waals surface area contributed by atoms with Gasteiger partial charge < -0.3 is 54.3 Å². The number of carbonyl (C=O) groups is 1. The molecule has 24 heavy (non-hydrogen) atoms. The molecule has 1 saturated heterocycles. The summed E-state index contributed by atoms with van der Waals surface area (Å²) in [5, 5.41) is 57.3. The van der Waals surface area contributed by atoms with E-state index in [0.717, 1.165) is 0 Å². The van der Waals surface area contributed by atoms with Crippen LogP contribution in [0.5, 0.6) is 0 Å². The molecule has 1 fully saturated rings. The summed E-state index contributed by atoms with van der Waals surface area (Å²) in [5.74, 6) is -1.31. The van der Waals surface area contributed by atoms with Gasteiger partial charge in [-0.1, -0.05) is 0 Å². The van der Waals surface area contributed by atoms with Crippen molar-refractivity contribution in [3.05, 3.63) is 0 Å². The third-order valence-corrected chi connectivity index (χ3v) is 3.97. The molecule has 13 heteroatoms. The molecule has 142 valence electrons. The minimum atomic E-state index is -5.43. The number of carbonyl (C=O) groups excluding carboxylic acids is 1. The van der Waals surface area contributed by atoms with E-state index in [1.807, 2.05) is 0 Å². The molecule has 6 N–H and O–H groups in total. The van der Waals surface area contributed by atoms with Gasteiger partial charge in [-0.2, -0.15) is 0 Å². The summed E-state index contributed by atoms with van der Waals surface area (Å²) in [6.45, 7) is -1.98. The van der Waals surface area contributed by atoms with Crippen LogP contribution >= 0.6 is 7.82 Å². The van der Waals surface area contributed by atoms with Gasteiger partial charge in [0.2, 0.25) is 0 Å². The number of phosphoric acid groups is 1. The number of ether oxygens (including phenoxy) is 1. The summed E-state index contributed by atoms with van der Waals surface area (Å²) >= 11 is 0. The van der Waals surface area contributed by atoms with E-state index in [0.29, 0.717) is 0 Å². The Morgan fingerprint density at radius 1 is 1.12 bits per heavy atom. The monoisotopic (exact) mass is 374 g/mol. The molecule has 0 aromatic heterocycles. The molecule has 7 atom stereocenters. The molecule has 0 amide bonds. The Hall–Kier alpha value is -0.500. The van der Waals surface area contributed by atoms with Crippen molar-refractivity contribution in [3.8, 4) is 0 Å². The number of hydrogen-bond acceptors (Lipinski definition) is 12. The molecular weight excluding hydrogens is 355 g/mol. The van der Waals surface area contributed by atoms with E-state index in [-0.39, 0.29) is 0 Å². The van der Waals surface area contributed by atoms with Gasteiger partial charge in [-0.05, 0) is 0 Å². The Morgan fingerprint density at radius 3 is 2.17 bits per heavy atom. The molecular formula is C11H19O12P-2. The zero-order valence-electron chi connectivity index (χ0n) is 12.2. The van der Waals surface area contributed by atoms with E-state index in [1.165, 1.54) is 0 Å². The van der Waals surface area contributed by atoms with Gasteiger partial charge in [-0.15, -0.1) is 0 Å². The average Bonchev–Trinajstić information content (AvgIpc) is 2.51. The lowest BCUT2D eigenvalue weighted by Crippen LogP contribution is -2.59. The molecule has 0 saturated carbocycles. The second-order valence-corrected chi connectivity index (χ2v) is 6.45. The van der Waals surface area contributed by atoms with Crippen molar-refractivity contribution >= 4 is 13.6 Å². The number of ketones is 1. The van der Waals surface area contributed by atoms with E-state index in [9.17, 15) is 44.7 Å². The zero-order chi connectivity index (χ0) is 18.7. The highest BCUT2D eigenvalue weighted by Gasteiger charge is 2.44. The van der Waals surface area contributed by atoms with Gasteiger partial charge in [0.15, 0.2) is 5.78 Å². The quantitative estimate of drug-likeness (QED) is 0.219. The van der Waals surface area contributed by atoms with Crippen molar-refractivity contribution in [2.75, 3.05) is 13.2 Å². The largest absolute Gasteiger partial charge is 0.790 e. The first kappa shape index (κ1) is 21.5. The maximum atomic E-state index is 11.4. The first-order chi connectivity index (χ1) is 11.0. The predicted molar refractivity (Wildman–Crippen MR) is 69.0 cm³/mol. The molecule has 0 spiro atoms. The summed E-state index contributed by atoms with van der Waals surface area (Å²) in [4.78, 5) is 31.9. The van der Waals surface area contributed by atoms with E-state index in [4.69, 9.17) is 9.84 Å². The molecule has 1 rings (SSSR count). The fourth-order valence-electron chi connectivity index (χ4n) is 2.18. The van der Waals surface area contributed by atoms with Crippen LogP contribution in [0.4, 0.5) is 0 Å². The SMILES string of the molecule is O=C(COP(=O)([O-])[O-])C(O)C(O)C[C@@H]1O[C@H](CO)C(O)C(O)[C@@H]1O. The maximum Gasteiger partial charge on any atom is 0.189 e. The molecule has 1 aliphatic rings. The zero-order valence-corrected chi connectivity index (χ0v) is 13.1. The lowest BCUT2D eigenvalue weighted by molar-refractivity contribution is -0.341. The van der Waals surface area contributed by atoms with Crippen LogP contribution in [-0.2, 0) is 18.6 Å². The lowest BCUT2D eigenvalue weighted by atomic mass is 9.91. The van der Waals surface area contributed by atoms with Crippen LogP contribution in [0.25, 0.3) is 0 Å². The number of aliphatic hydroxyl groups excluding tert-OH is 6. The molecule has 0 aromatic rings. The highest BCUT2D eigenvalue weighted by Crippen LogP contribution is 2.26. The van der Waals surface area contributed by atoms with Crippen molar-refractivity contribution in [2.24, 2.45) is 0 Å². The van der Waals surface area contributed by atoms with E-state index < -0.39 is 76.0 Å². The third-order valence-electron chi connectivity index (χ3n) is 3.52. The first-order valence-electron chi connectivity index (χ1n) is 6.84. The Balaban J connectivity index is 2.63. The van der Waals surface area contributed by atoms with Crippen molar-refractivity contribution < 1.29 is 59.0 Å². The van der Waals surface area contributed by atoms with Crippen LogP contribution in [0, 0.1) is 0 Å². The maximum absolute atomic E-state index is 11.4. The Labute approximate surface area is 136 Å². The van der Waals surface area contributed by atoms with E-state index in [2.05, 4.69) is 4.52 Å². The number of hydrogen-bond donors (Lipinski definition) is 6. The van der Waals surface area contributed by atoms with Crippen molar-refractivity contribution in [3.63, 3.8) is 0 Å². The van der Waals surface area contributed by atoms with Crippen LogP contribution in [0.1, 0.15) is 6.42 Å². The first-order valence-corrected chi connectivity index (χ1v) is 8.30. The highest BCUT2D eigenvalue weighted by atomic mass is 31.2. The molecule has 0 aromatic carbocycles. The van der Waals surface area contributed by atoms with Crippen LogP contribution in [0.15, 0.2) is 0 Å². The third kappa shape index (κ3) is 5.79. The second-order valence-electron chi connectivity index (χ2n) is 5.30. The minimum Gasteiger partial charge on any atom is -0.790 e. The van der Waals surface area contributed by atoms with Gasteiger partial charge in [0.05, 0.1) is 26.6 Å². The molecule has 1 aliphatic heterocycles. The molecule has 12 nitrogen and oxygen atoms in total. The summed E-state index contributed by atoms with van der Waals surface area (Å²) in [7, 11) is -5.43. The fourth-order valence-corrected chi connectivity index (χ4v) is 2.47. The van der Waals surface area contributed by atoms with Crippen LogP contribution in [-0.4, -0.2) is 92.4 Å². The predicted octanol–water partition coefficient (Wildman–Crippen LogP) is -5.64. The van der Waals surface area contributed by atoms with Crippen LogP contribution in [0.3, 0.4) is 0 Å². The number of aliphatic hydroxyl groups is 6. The standard InChI is InChI=1S/C11H21O12P/c12-2-7-10(17)11(18)9(16)6(23-7)1-4(13)8(15)5(14)3-22-24(19,20)21/h4,6-13,15-18H,1-3H2,(H2,19,20,21)/p-2/t4?,6-,7+,8?,9+,10?,11?/m0/s1. The Morgan fingerprint density at radius 2 is 1.67 bits per heavy atom. The van der Waals surface area contributed by atoms with E-state index >= 15 is 0 Å². The summed E-state index contributed by atoms with van der Waals surface area (Å²) in [6, 6.07) is 0. The molecule has 0 bridgehead atoms. The molecule has 0 aliphatic carbocycles. The molecule has 1 heterocycles. The molecule has 4 unspecified atom stereocenters. The second kappa shape index (κ2) is 8.74. The Bertz CT molecular complexity index is 464. The number of rotatable bonds is 8. The smallest absolute Gasteiger partial charge is 0.189 e. The van der Waals surface area contributed by atoms with Gasteiger partial charge in [-0.25, -0.2) is 0 Å².